The summed E-state index contributed by atoms with van der Waals surface area (Å²) in [7, 11) is 0. The van der Waals surface area contributed by atoms with Crippen LogP contribution in [0.15, 0.2) is 36.4 Å². The molecule has 0 aliphatic heterocycles. The Morgan fingerprint density at radius 2 is 1.85 bits per heavy atom. The van der Waals surface area contributed by atoms with Crippen molar-refractivity contribution in [3.8, 4) is 6.07 Å². The van der Waals surface area contributed by atoms with E-state index in [0.717, 1.165) is 5.56 Å². The molecule has 0 heterocycles. The summed E-state index contributed by atoms with van der Waals surface area (Å²) in [5, 5.41) is 8.77. The Labute approximate surface area is 79.3 Å². The van der Waals surface area contributed by atoms with Crippen LogP contribution in [0.3, 0.4) is 0 Å². The van der Waals surface area contributed by atoms with Gasteiger partial charge in [-0.25, -0.2) is 0 Å². The topological polar surface area (TPSA) is 23.8 Å². The molecule has 1 nitrogen and oxygen atoms in total. The molecule has 0 aliphatic rings. The maximum atomic E-state index is 8.77. The number of nitrogens with zero attached hydrogens (tertiary/aromatic N) is 1. The molecule has 0 saturated carbocycles. The van der Waals surface area contributed by atoms with Crippen LogP contribution in [-0.2, 0) is 0 Å². The summed E-state index contributed by atoms with van der Waals surface area (Å²) >= 11 is 0. The van der Waals surface area contributed by atoms with E-state index in [1.807, 2.05) is 56.3 Å². The second kappa shape index (κ2) is 3.91. The normalized spacial score (nSPS) is 11.5. The maximum Gasteiger partial charge on any atom is 0.0725 e. The SMILES string of the molecule is CC(C)(C#N)C=Cc1ccccc1. The third-order valence-electron chi connectivity index (χ3n) is 1.78. The van der Waals surface area contributed by atoms with Gasteiger partial charge >= 0.3 is 0 Å². The lowest BCUT2D eigenvalue weighted by atomic mass is 9.94. The van der Waals surface area contributed by atoms with Gasteiger partial charge in [-0.15, -0.1) is 0 Å². The molecule has 0 bridgehead atoms. The average Bonchev–Trinajstić information content (AvgIpc) is 2.17. The minimum absolute atomic E-state index is 0.379. The standard InChI is InChI=1S/C12H13N/c1-12(2,10-13)9-8-11-6-4-3-5-7-11/h3-9H,1-2H3. The lowest BCUT2D eigenvalue weighted by Gasteiger charge is -2.07. The van der Waals surface area contributed by atoms with Crippen molar-refractivity contribution in [1.82, 2.24) is 0 Å². The zero-order valence-electron chi connectivity index (χ0n) is 7.99. The van der Waals surface area contributed by atoms with Gasteiger partial charge in [0.15, 0.2) is 0 Å². The summed E-state index contributed by atoms with van der Waals surface area (Å²) in [5.41, 5.74) is 0.751. The first-order valence-electron chi connectivity index (χ1n) is 4.29. The Bertz CT molecular complexity index is 328. The minimum atomic E-state index is -0.379. The molecule has 0 amide bonds. The second-order valence-corrected chi connectivity index (χ2v) is 3.58. The Hall–Kier alpha value is -1.55. The van der Waals surface area contributed by atoms with Crippen molar-refractivity contribution in [2.24, 2.45) is 5.41 Å². The van der Waals surface area contributed by atoms with Crippen LogP contribution in [-0.4, -0.2) is 0 Å². The molecule has 0 aromatic heterocycles. The molecule has 0 unspecified atom stereocenters. The fourth-order valence-electron chi connectivity index (χ4n) is 0.906. The fourth-order valence-corrected chi connectivity index (χ4v) is 0.906. The van der Waals surface area contributed by atoms with E-state index in [4.69, 9.17) is 5.26 Å². The summed E-state index contributed by atoms with van der Waals surface area (Å²) in [6.07, 6.45) is 3.89. The van der Waals surface area contributed by atoms with Gasteiger partial charge in [0.05, 0.1) is 11.5 Å². The molecule has 0 aliphatic carbocycles. The van der Waals surface area contributed by atoms with Gasteiger partial charge in [0, 0.05) is 0 Å². The molecular weight excluding hydrogens is 158 g/mol. The Balaban J connectivity index is 2.77. The zero-order valence-corrected chi connectivity index (χ0v) is 7.99. The van der Waals surface area contributed by atoms with Crippen molar-refractivity contribution in [2.75, 3.05) is 0 Å². The lowest BCUT2D eigenvalue weighted by molar-refractivity contribution is 0.647. The van der Waals surface area contributed by atoms with E-state index in [2.05, 4.69) is 6.07 Å². The molecule has 0 radical (unpaired) electrons. The van der Waals surface area contributed by atoms with Crippen molar-refractivity contribution < 1.29 is 0 Å². The Morgan fingerprint density at radius 3 is 2.38 bits per heavy atom. The van der Waals surface area contributed by atoms with Gasteiger partial charge in [0.1, 0.15) is 0 Å². The van der Waals surface area contributed by atoms with Crippen LogP contribution >= 0.6 is 0 Å². The number of allylic oxidation sites excluding steroid dienone is 1. The third kappa shape index (κ3) is 3.13. The Morgan fingerprint density at radius 1 is 1.23 bits per heavy atom. The molecule has 1 heteroatoms. The van der Waals surface area contributed by atoms with Crippen LogP contribution in [0.25, 0.3) is 6.08 Å². The lowest BCUT2D eigenvalue weighted by Crippen LogP contribution is -2.01. The first kappa shape index (κ1) is 9.54. The van der Waals surface area contributed by atoms with Crippen LogP contribution in [0.4, 0.5) is 0 Å². The monoisotopic (exact) mass is 171 g/mol. The van der Waals surface area contributed by atoms with Crippen molar-refractivity contribution in [3.63, 3.8) is 0 Å². The predicted molar refractivity (Wildman–Crippen MR) is 54.9 cm³/mol. The van der Waals surface area contributed by atoms with E-state index >= 15 is 0 Å². The number of nitriles is 1. The van der Waals surface area contributed by atoms with Gasteiger partial charge < -0.3 is 0 Å². The van der Waals surface area contributed by atoms with Crippen molar-refractivity contribution in [2.45, 2.75) is 13.8 Å². The molecule has 1 aromatic carbocycles. The van der Waals surface area contributed by atoms with Crippen molar-refractivity contribution in [3.05, 3.63) is 42.0 Å². The third-order valence-corrected chi connectivity index (χ3v) is 1.78. The van der Waals surface area contributed by atoms with Crippen LogP contribution in [0.5, 0.6) is 0 Å². The Kier molecular flexibility index (Phi) is 2.87. The highest BCUT2D eigenvalue weighted by molar-refractivity contribution is 5.50. The van der Waals surface area contributed by atoms with E-state index < -0.39 is 0 Å². The molecule has 1 rings (SSSR count). The number of hydrogen-bond donors (Lipinski definition) is 0. The zero-order chi connectivity index (χ0) is 9.73. The maximum absolute atomic E-state index is 8.77. The van der Waals surface area contributed by atoms with Crippen LogP contribution < -0.4 is 0 Å². The molecule has 1 aromatic rings. The number of rotatable bonds is 2. The summed E-state index contributed by atoms with van der Waals surface area (Å²) in [4.78, 5) is 0. The van der Waals surface area contributed by atoms with Gasteiger partial charge in [0.2, 0.25) is 0 Å². The molecule has 66 valence electrons. The van der Waals surface area contributed by atoms with Gasteiger partial charge in [-0.2, -0.15) is 5.26 Å². The summed E-state index contributed by atoms with van der Waals surface area (Å²) in [6, 6.07) is 12.2. The highest BCUT2D eigenvalue weighted by atomic mass is 14.3. The fraction of sp³-hybridized carbons (Fsp3) is 0.250. The second-order valence-electron chi connectivity index (χ2n) is 3.58. The first-order chi connectivity index (χ1) is 6.14. The van der Waals surface area contributed by atoms with E-state index in [-0.39, 0.29) is 5.41 Å². The van der Waals surface area contributed by atoms with Gasteiger partial charge in [-0.1, -0.05) is 42.5 Å². The largest absolute Gasteiger partial charge is 0.197 e. The molecule has 0 spiro atoms. The number of benzene rings is 1. The van der Waals surface area contributed by atoms with E-state index in [0.29, 0.717) is 0 Å². The van der Waals surface area contributed by atoms with E-state index in [9.17, 15) is 0 Å². The number of hydrogen-bond acceptors (Lipinski definition) is 1. The smallest absolute Gasteiger partial charge is 0.0725 e. The minimum Gasteiger partial charge on any atom is -0.197 e. The molecule has 0 fully saturated rings. The molecule has 0 atom stereocenters. The molecular formula is C12H13N. The van der Waals surface area contributed by atoms with Crippen LogP contribution in [0.2, 0.25) is 0 Å². The molecule has 13 heavy (non-hydrogen) atoms. The first-order valence-corrected chi connectivity index (χ1v) is 4.29. The summed E-state index contributed by atoms with van der Waals surface area (Å²) < 4.78 is 0. The van der Waals surface area contributed by atoms with Crippen molar-refractivity contribution in [1.29, 1.82) is 5.26 Å². The summed E-state index contributed by atoms with van der Waals surface area (Å²) in [6.45, 7) is 3.79. The highest BCUT2D eigenvalue weighted by Crippen LogP contribution is 2.16. The average molecular weight is 171 g/mol. The van der Waals surface area contributed by atoms with Gasteiger partial charge in [0.25, 0.3) is 0 Å². The van der Waals surface area contributed by atoms with Crippen molar-refractivity contribution >= 4 is 6.08 Å². The molecule has 0 N–H and O–H groups in total. The predicted octanol–water partition coefficient (Wildman–Crippen LogP) is 3.25. The van der Waals surface area contributed by atoms with Crippen LogP contribution in [0, 0.1) is 16.7 Å². The van der Waals surface area contributed by atoms with Gasteiger partial charge in [-0.05, 0) is 19.4 Å². The highest BCUT2D eigenvalue weighted by Gasteiger charge is 2.10. The van der Waals surface area contributed by atoms with E-state index in [1.165, 1.54) is 0 Å². The summed E-state index contributed by atoms with van der Waals surface area (Å²) in [5.74, 6) is 0. The van der Waals surface area contributed by atoms with Gasteiger partial charge in [-0.3, -0.25) is 0 Å². The molecule has 0 saturated heterocycles. The quantitative estimate of drug-likeness (QED) is 0.670. The van der Waals surface area contributed by atoms with E-state index in [1.54, 1.807) is 0 Å². The van der Waals surface area contributed by atoms with Crippen LogP contribution in [0.1, 0.15) is 19.4 Å².